The largest absolute Gasteiger partial charge is 0.415 e. The van der Waals surface area contributed by atoms with Crippen molar-refractivity contribution in [3.63, 3.8) is 0 Å². The molecule has 1 unspecified atom stereocenters. The third-order valence-corrected chi connectivity index (χ3v) is 2.11. The van der Waals surface area contributed by atoms with E-state index in [1.807, 2.05) is 5.32 Å². The molecule has 4 N–H and O–H groups in total. The molecule has 90 valence electrons. The zero-order valence-corrected chi connectivity index (χ0v) is 8.56. The van der Waals surface area contributed by atoms with E-state index in [0.717, 1.165) is 0 Å². The van der Waals surface area contributed by atoms with Crippen LogP contribution in [0.5, 0.6) is 0 Å². The molecule has 1 amide bonds. The summed E-state index contributed by atoms with van der Waals surface area (Å²) in [4.78, 5) is 11.2. The minimum Gasteiger partial charge on any atom is -0.394 e. The summed E-state index contributed by atoms with van der Waals surface area (Å²) < 4.78 is 36.9. The highest BCUT2D eigenvalue weighted by Gasteiger charge is 2.54. The van der Waals surface area contributed by atoms with Gasteiger partial charge >= 0.3 is 6.18 Å². The standard InChI is InChI=1S/C8H15F3N2O2/c1-3-5(4-14)13-6(15)7(2,12)8(9,10)11/h5,14H,3-4,12H2,1-2H3,(H,13,15)/t5-,7?/m0/s1. The molecule has 0 aromatic carbocycles. The lowest BCUT2D eigenvalue weighted by Gasteiger charge is -2.28. The third kappa shape index (κ3) is 3.35. The first kappa shape index (κ1) is 14.2. The van der Waals surface area contributed by atoms with Gasteiger partial charge in [0, 0.05) is 0 Å². The van der Waals surface area contributed by atoms with E-state index in [2.05, 4.69) is 0 Å². The van der Waals surface area contributed by atoms with Crippen LogP contribution < -0.4 is 11.1 Å². The van der Waals surface area contributed by atoms with Crippen molar-refractivity contribution in [3.05, 3.63) is 0 Å². The normalized spacial score (nSPS) is 18.1. The molecule has 0 rings (SSSR count). The summed E-state index contributed by atoms with van der Waals surface area (Å²) in [6.45, 7) is 1.80. The van der Waals surface area contributed by atoms with E-state index in [0.29, 0.717) is 13.3 Å². The molecule has 0 aliphatic heterocycles. The van der Waals surface area contributed by atoms with E-state index >= 15 is 0 Å². The number of amides is 1. The van der Waals surface area contributed by atoms with Crippen LogP contribution in [0, 0.1) is 0 Å². The summed E-state index contributed by atoms with van der Waals surface area (Å²) in [7, 11) is 0. The number of aliphatic hydroxyl groups excluding tert-OH is 1. The number of rotatable bonds is 4. The zero-order valence-electron chi connectivity index (χ0n) is 8.56. The molecule has 0 aromatic heterocycles. The Morgan fingerprint density at radius 1 is 1.53 bits per heavy atom. The molecular formula is C8H15F3N2O2. The van der Waals surface area contributed by atoms with Crippen molar-refractivity contribution in [2.24, 2.45) is 5.73 Å². The highest BCUT2D eigenvalue weighted by molar-refractivity contribution is 5.86. The number of nitrogens with two attached hydrogens (primary N) is 1. The summed E-state index contributed by atoms with van der Waals surface area (Å²) >= 11 is 0. The molecule has 0 aliphatic carbocycles. The molecule has 0 fully saturated rings. The molecule has 0 spiro atoms. The van der Waals surface area contributed by atoms with Crippen LogP contribution >= 0.6 is 0 Å². The average Bonchev–Trinajstić information content (AvgIpc) is 2.11. The van der Waals surface area contributed by atoms with Gasteiger partial charge in [-0.1, -0.05) is 6.92 Å². The molecule has 0 heterocycles. The highest BCUT2D eigenvalue weighted by Crippen LogP contribution is 2.28. The van der Waals surface area contributed by atoms with Crippen molar-refractivity contribution in [1.82, 2.24) is 5.32 Å². The van der Waals surface area contributed by atoms with E-state index in [-0.39, 0.29) is 0 Å². The first-order valence-corrected chi connectivity index (χ1v) is 4.44. The van der Waals surface area contributed by atoms with Crippen LogP contribution in [0.2, 0.25) is 0 Å². The number of carbonyl (C=O) groups excluding carboxylic acids is 1. The second kappa shape index (κ2) is 4.80. The summed E-state index contributed by atoms with van der Waals surface area (Å²) in [6, 6.07) is -0.706. The molecule has 0 radical (unpaired) electrons. The lowest BCUT2D eigenvalue weighted by molar-refractivity contribution is -0.187. The lowest BCUT2D eigenvalue weighted by atomic mass is 10.0. The fourth-order valence-electron chi connectivity index (χ4n) is 0.741. The van der Waals surface area contributed by atoms with E-state index in [1.54, 1.807) is 6.92 Å². The van der Waals surface area contributed by atoms with Gasteiger partial charge < -0.3 is 16.2 Å². The van der Waals surface area contributed by atoms with E-state index in [1.165, 1.54) is 0 Å². The first-order chi connectivity index (χ1) is 6.66. The topological polar surface area (TPSA) is 75.3 Å². The highest BCUT2D eigenvalue weighted by atomic mass is 19.4. The van der Waals surface area contributed by atoms with Gasteiger partial charge in [-0.25, -0.2) is 0 Å². The van der Waals surface area contributed by atoms with Gasteiger partial charge in [0.1, 0.15) is 0 Å². The zero-order chi connectivity index (χ0) is 12.3. The quantitative estimate of drug-likeness (QED) is 0.641. The molecule has 0 aliphatic rings. The van der Waals surface area contributed by atoms with Gasteiger partial charge in [-0.05, 0) is 13.3 Å². The first-order valence-electron chi connectivity index (χ1n) is 4.44. The molecule has 0 bridgehead atoms. The number of nitrogens with one attached hydrogen (secondary N) is 1. The number of hydrogen-bond donors (Lipinski definition) is 3. The lowest BCUT2D eigenvalue weighted by Crippen LogP contribution is -2.63. The van der Waals surface area contributed by atoms with Crippen LogP contribution in [0.15, 0.2) is 0 Å². The number of aliphatic hydroxyl groups is 1. The van der Waals surface area contributed by atoms with Gasteiger partial charge in [-0.3, -0.25) is 4.79 Å². The van der Waals surface area contributed by atoms with Crippen LogP contribution in [0.3, 0.4) is 0 Å². The van der Waals surface area contributed by atoms with Crippen LogP contribution in [-0.2, 0) is 4.79 Å². The van der Waals surface area contributed by atoms with Crippen LogP contribution in [0.4, 0.5) is 13.2 Å². The number of hydrogen-bond acceptors (Lipinski definition) is 3. The van der Waals surface area contributed by atoms with Crippen LogP contribution in [-0.4, -0.2) is 35.4 Å². The van der Waals surface area contributed by atoms with Crippen molar-refractivity contribution in [2.45, 2.75) is 38.0 Å². The second-order valence-electron chi connectivity index (χ2n) is 3.46. The van der Waals surface area contributed by atoms with Crippen molar-refractivity contribution in [1.29, 1.82) is 0 Å². The van der Waals surface area contributed by atoms with E-state index in [4.69, 9.17) is 10.8 Å². The Labute approximate surface area is 85.6 Å². The molecule has 0 aromatic rings. The summed E-state index contributed by atoms with van der Waals surface area (Å²) in [5.74, 6) is -1.34. The van der Waals surface area contributed by atoms with Crippen molar-refractivity contribution >= 4 is 5.91 Å². The molecule has 4 nitrogen and oxygen atoms in total. The Balaban J connectivity index is 4.58. The Hall–Kier alpha value is -0.820. The maximum atomic E-state index is 12.3. The maximum absolute atomic E-state index is 12.3. The van der Waals surface area contributed by atoms with Gasteiger partial charge in [-0.15, -0.1) is 0 Å². The van der Waals surface area contributed by atoms with Crippen molar-refractivity contribution < 1.29 is 23.1 Å². The molecular weight excluding hydrogens is 213 g/mol. The monoisotopic (exact) mass is 228 g/mol. The van der Waals surface area contributed by atoms with Gasteiger partial charge in [-0.2, -0.15) is 13.2 Å². The third-order valence-electron chi connectivity index (χ3n) is 2.11. The minimum atomic E-state index is -4.81. The summed E-state index contributed by atoms with van der Waals surface area (Å²) in [6.07, 6.45) is -4.49. The fraction of sp³-hybridized carbons (Fsp3) is 0.875. The molecule has 15 heavy (non-hydrogen) atoms. The molecule has 0 saturated heterocycles. The van der Waals surface area contributed by atoms with Gasteiger partial charge in [0.2, 0.25) is 5.91 Å². The minimum absolute atomic E-state index is 0.330. The predicted molar refractivity (Wildman–Crippen MR) is 48.0 cm³/mol. The van der Waals surface area contributed by atoms with Crippen LogP contribution in [0.1, 0.15) is 20.3 Å². The van der Waals surface area contributed by atoms with Crippen molar-refractivity contribution in [2.75, 3.05) is 6.61 Å². The smallest absolute Gasteiger partial charge is 0.394 e. The Morgan fingerprint density at radius 2 is 2.00 bits per heavy atom. The predicted octanol–water partition coefficient (Wildman–Crippen LogP) is 0.153. The Morgan fingerprint density at radius 3 is 2.27 bits per heavy atom. The van der Waals surface area contributed by atoms with Crippen molar-refractivity contribution in [3.8, 4) is 0 Å². The van der Waals surface area contributed by atoms with Gasteiger partial charge in [0.25, 0.3) is 0 Å². The van der Waals surface area contributed by atoms with E-state index in [9.17, 15) is 18.0 Å². The summed E-state index contributed by atoms with van der Waals surface area (Å²) in [5.41, 5.74) is 1.94. The molecule has 7 heteroatoms. The Kier molecular flexibility index (Phi) is 4.54. The second-order valence-corrected chi connectivity index (χ2v) is 3.46. The molecule has 2 atom stereocenters. The summed E-state index contributed by atoms with van der Waals surface area (Å²) in [5, 5.41) is 10.7. The SMILES string of the molecule is CC[C@@H](CO)NC(=O)C(C)(N)C(F)(F)F. The maximum Gasteiger partial charge on any atom is 0.415 e. The number of alkyl halides is 3. The Bertz CT molecular complexity index is 224. The van der Waals surface area contributed by atoms with Crippen LogP contribution in [0.25, 0.3) is 0 Å². The number of halogens is 3. The fourth-order valence-corrected chi connectivity index (χ4v) is 0.741. The van der Waals surface area contributed by atoms with E-state index < -0.39 is 30.3 Å². The number of carbonyl (C=O) groups is 1. The van der Waals surface area contributed by atoms with Gasteiger partial charge in [0.05, 0.1) is 12.6 Å². The average molecular weight is 228 g/mol. The van der Waals surface area contributed by atoms with Gasteiger partial charge in [0.15, 0.2) is 5.54 Å². The molecule has 0 saturated carbocycles.